The van der Waals surface area contributed by atoms with Crippen LogP contribution < -0.4 is 10.6 Å². The van der Waals surface area contributed by atoms with Crippen molar-refractivity contribution in [3.05, 3.63) is 88.4 Å². The van der Waals surface area contributed by atoms with Gasteiger partial charge in [0.25, 0.3) is 5.91 Å². The van der Waals surface area contributed by atoms with Gasteiger partial charge in [-0.1, -0.05) is 35.9 Å². The summed E-state index contributed by atoms with van der Waals surface area (Å²) in [5.74, 6) is 0.569. The fourth-order valence-corrected chi connectivity index (χ4v) is 3.10. The van der Waals surface area contributed by atoms with Gasteiger partial charge in [-0.2, -0.15) is 0 Å². The Bertz CT molecular complexity index is 1210. The van der Waals surface area contributed by atoms with Gasteiger partial charge in [-0.3, -0.25) is 4.79 Å². The van der Waals surface area contributed by atoms with E-state index in [0.717, 1.165) is 22.3 Å². The maximum Gasteiger partial charge on any atom is 0.256 e. The van der Waals surface area contributed by atoms with Crippen molar-refractivity contribution in [2.45, 2.75) is 13.8 Å². The average molecular weight is 403 g/mol. The summed E-state index contributed by atoms with van der Waals surface area (Å²) >= 11 is 5.92. The van der Waals surface area contributed by atoms with Crippen LogP contribution in [-0.4, -0.2) is 15.9 Å². The number of hydrogen-bond acceptors (Lipinski definition) is 4. The minimum absolute atomic E-state index is 0.282. The van der Waals surface area contributed by atoms with Gasteiger partial charge in [0, 0.05) is 16.3 Å². The molecule has 0 saturated carbocycles. The Balaban J connectivity index is 1.74. The first-order chi connectivity index (χ1) is 14.0. The summed E-state index contributed by atoms with van der Waals surface area (Å²) in [7, 11) is 0. The normalized spacial score (nSPS) is 10.7. The molecule has 2 N–H and O–H groups in total. The monoisotopic (exact) mass is 402 g/mol. The Hall–Kier alpha value is -3.44. The summed E-state index contributed by atoms with van der Waals surface area (Å²) in [6, 6.07) is 20.3. The molecular formula is C23H19ClN4O. The molecular weight excluding hydrogens is 384 g/mol. The Kier molecular flexibility index (Phi) is 5.14. The summed E-state index contributed by atoms with van der Waals surface area (Å²) in [6.45, 7) is 4.09. The fraction of sp³-hybridized carbons (Fsp3) is 0.0870. The zero-order chi connectivity index (χ0) is 20.4. The fourth-order valence-electron chi connectivity index (χ4n) is 2.97. The van der Waals surface area contributed by atoms with Crippen molar-refractivity contribution in [3.63, 3.8) is 0 Å². The molecule has 0 bridgehead atoms. The molecule has 1 heterocycles. The molecule has 6 heteroatoms. The number of amides is 1. The van der Waals surface area contributed by atoms with E-state index in [-0.39, 0.29) is 5.91 Å². The predicted octanol–water partition coefficient (Wildman–Crippen LogP) is 5.90. The van der Waals surface area contributed by atoms with Crippen molar-refractivity contribution in [1.82, 2.24) is 9.97 Å². The molecule has 3 aromatic carbocycles. The van der Waals surface area contributed by atoms with Crippen LogP contribution in [0.25, 0.3) is 11.0 Å². The van der Waals surface area contributed by atoms with Crippen LogP contribution >= 0.6 is 11.6 Å². The van der Waals surface area contributed by atoms with Crippen LogP contribution in [0.15, 0.2) is 66.7 Å². The predicted molar refractivity (Wildman–Crippen MR) is 118 cm³/mol. The summed E-state index contributed by atoms with van der Waals surface area (Å²) in [5, 5.41) is 6.78. The van der Waals surface area contributed by atoms with Gasteiger partial charge in [0.15, 0.2) is 11.6 Å². The molecule has 1 amide bonds. The highest BCUT2D eigenvalue weighted by Gasteiger charge is 2.15. The van der Waals surface area contributed by atoms with Gasteiger partial charge in [0.2, 0.25) is 0 Å². The number of fused-ring (bicyclic) bond motifs is 1. The van der Waals surface area contributed by atoms with Gasteiger partial charge >= 0.3 is 0 Å². The lowest BCUT2D eigenvalue weighted by Gasteiger charge is -2.15. The van der Waals surface area contributed by atoms with Crippen LogP contribution in [0.4, 0.5) is 17.3 Å². The lowest BCUT2D eigenvalue weighted by molar-refractivity contribution is 0.102. The van der Waals surface area contributed by atoms with E-state index in [0.29, 0.717) is 27.7 Å². The Morgan fingerprint density at radius 2 is 1.48 bits per heavy atom. The smallest absolute Gasteiger partial charge is 0.256 e. The molecule has 0 unspecified atom stereocenters. The number of aryl methyl sites for hydroxylation is 1. The van der Waals surface area contributed by atoms with Gasteiger partial charge in [-0.25, -0.2) is 9.97 Å². The Labute approximate surface area is 173 Å². The lowest BCUT2D eigenvalue weighted by Crippen LogP contribution is -2.15. The summed E-state index contributed by atoms with van der Waals surface area (Å²) in [6.07, 6.45) is 0. The molecule has 144 valence electrons. The van der Waals surface area contributed by atoms with Crippen LogP contribution in [0.1, 0.15) is 21.5 Å². The minimum atomic E-state index is -0.282. The second-order valence-electron chi connectivity index (χ2n) is 6.74. The van der Waals surface area contributed by atoms with E-state index in [1.807, 2.05) is 43.3 Å². The van der Waals surface area contributed by atoms with E-state index in [1.165, 1.54) is 0 Å². The van der Waals surface area contributed by atoms with E-state index in [9.17, 15) is 4.79 Å². The van der Waals surface area contributed by atoms with Gasteiger partial charge in [0.1, 0.15) is 0 Å². The summed E-state index contributed by atoms with van der Waals surface area (Å²) in [4.78, 5) is 22.1. The molecule has 0 aliphatic rings. The van der Waals surface area contributed by atoms with E-state index >= 15 is 0 Å². The number of carbonyl (C=O) groups excluding carboxylic acids is 1. The zero-order valence-corrected chi connectivity index (χ0v) is 16.8. The first kappa shape index (κ1) is 18.9. The first-order valence-corrected chi connectivity index (χ1v) is 9.56. The average Bonchev–Trinajstić information content (AvgIpc) is 2.72. The number of para-hydroxylation sites is 2. The molecule has 0 atom stereocenters. The molecule has 0 aliphatic carbocycles. The third kappa shape index (κ3) is 4.05. The number of rotatable bonds is 4. The quantitative estimate of drug-likeness (QED) is 0.446. The van der Waals surface area contributed by atoms with E-state index in [2.05, 4.69) is 28.6 Å². The highest BCUT2D eigenvalue weighted by Crippen LogP contribution is 2.28. The maximum absolute atomic E-state index is 12.7. The highest BCUT2D eigenvalue weighted by molar-refractivity contribution is 6.30. The number of hydrogen-bond donors (Lipinski definition) is 2. The molecule has 0 radical (unpaired) electrons. The van der Waals surface area contributed by atoms with E-state index in [4.69, 9.17) is 16.6 Å². The lowest BCUT2D eigenvalue weighted by atomic mass is 10.1. The molecule has 0 fully saturated rings. The Morgan fingerprint density at radius 3 is 2.17 bits per heavy atom. The van der Waals surface area contributed by atoms with Crippen molar-refractivity contribution < 1.29 is 4.79 Å². The van der Waals surface area contributed by atoms with E-state index in [1.54, 1.807) is 24.3 Å². The second-order valence-corrected chi connectivity index (χ2v) is 7.18. The molecule has 29 heavy (non-hydrogen) atoms. The van der Waals surface area contributed by atoms with Gasteiger partial charge < -0.3 is 10.6 Å². The van der Waals surface area contributed by atoms with E-state index < -0.39 is 0 Å². The third-order valence-corrected chi connectivity index (χ3v) is 5.02. The number of nitrogens with zero attached hydrogens (tertiary/aromatic N) is 2. The SMILES string of the molecule is Cc1cccc(Nc2nc3ccccc3nc2NC(=O)c2ccc(Cl)cc2)c1C. The van der Waals surface area contributed by atoms with Crippen molar-refractivity contribution in [2.75, 3.05) is 10.6 Å². The minimum Gasteiger partial charge on any atom is -0.337 e. The number of nitrogens with one attached hydrogen (secondary N) is 2. The van der Waals surface area contributed by atoms with Crippen molar-refractivity contribution in [2.24, 2.45) is 0 Å². The second kappa shape index (κ2) is 7.89. The van der Waals surface area contributed by atoms with Crippen LogP contribution in [0.3, 0.4) is 0 Å². The van der Waals surface area contributed by atoms with Crippen molar-refractivity contribution >= 4 is 45.9 Å². The number of benzene rings is 3. The molecule has 0 aliphatic heterocycles. The van der Waals surface area contributed by atoms with Gasteiger partial charge in [-0.05, 0) is 67.4 Å². The molecule has 0 saturated heterocycles. The van der Waals surface area contributed by atoms with Gasteiger partial charge in [0.05, 0.1) is 11.0 Å². The summed E-state index contributed by atoms with van der Waals surface area (Å²) < 4.78 is 0. The van der Waals surface area contributed by atoms with Crippen molar-refractivity contribution in [3.8, 4) is 0 Å². The van der Waals surface area contributed by atoms with Crippen LogP contribution in [0, 0.1) is 13.8 Å². The van der Waals surface area contributed by atoms with Crippen LogP contribution in [0.5, 0.6) is 0 Å². The number of anilines is 3. The maximum atomic E-state index is 12.7. The number of halogens is 1. The molecule has 5 nitrogen and oxygen atoms in total. The zero-order valence-electron chi connectivity index (χ0n) is 16.0. The summed E-state index contributed by atoms with van der Waals surface area (Å²) in [5.41, 5.74) is 5.11. The third-order valence-electron chi connectivity index (χ3n) is 4.77. The van der Waals surface area contributed by atoms with Crippen LogP contribution in [-0.2, 0) is 0 Å². The van der Waals surface area contributed by atoms with Crippen LogP contribution in [0.2, 0.25) is 5.02 Å². The molecule has 4 rings (SSSR count). The molecule has 4 aromatic rings. The number of carbonyl (C=O) groups is 1. The topological polar surface area (TPSA) is 66.9 Å². The van der Waals surface area contributed by atoms with Gasteiger partial charge in [-0.15, -0.1) is 0 Å². The van der Waals surface area contributed by atoms with Crippen molar-refractivity contribution in [1.29, 1.82) is 0 Å². The Morgan fingerprint density at radius 1 is 0.828 bits per heavy atom. The highest BCUT2D eigenvalue weighted by atomic mass is 35.5. The first-order valence-electron chi connectivity index (χ1n) is 9.18. The largest absolute Gasteiger partial charge is 0.337 e. The number of aromatic nitrogens is 2. The molecule has 1 aromatic heterocycles. The molecule has 0 spiro atoms. The standard InChI is InChI=1S/C23H19ClN4O/c1-14-6-5-9-18(15(14)2)25-21-22(27-20-8-4-3-7-19(20)26-21)28-23(29)16-10-12-17(24)13-11-16/h3-13H,1-2H3,(H,25,26)(H,27,28,29).